The normalized spacial score (nSPS) is 11.0. The van der Waals surface area contributed by atoms with Crippen LogP contribution in [0.4, 0.5) is 4.39 Å². The van der Waals surface area contributed by atoms with E-state index in [1.807, 2.05) is 12.3 Å². The lowest BCUT2D eigenvalue weighted by atomic mass is 10.1. The standard InChI is InChI=1S/C10H9BrFN/c1-2-6-5-13-10-7(6)3-4-8(11)9(10)12/h3-5,13H,2H2,1H3. The van der Waals surface area contributed by atoms with Crippen LogP contribution in [0.5, 0.6) is 0 Å². The van der Waals surface area contributed by atoms with E-state index in [0.717, 1.165) is 17.4 Å². The molecule has 0 aliphatic heterocycles. The van der Waals surface area contributed by atoms with Crippen molar-refractivity contribution in [3.63, 3.8) is 0 Å². The molecule has 0 fully saturated rings. The van der Waals surface area contributed by atoms with Crippen LogP contribution in [0, 0.1) is 5.82 Å². The van der Waals surface area contributed by atoms with Crippen LogP contribution in [-0.2, 0) is 6.42 Å². The number of hydrogen-bond acceptors (Lipinski definition) is 0. The summed E-state index contributed by atoms with van der Waals surface area (Å²) in [6.07, 6.45) is 2.78. The molecule has 1 nitrogen and oxygen atoms in total. The molecule has 0 unspecified atom stereocenters. The van der Waals surface area contributed by atoms with Crippen molar-refractivity contribution in [2.45, 2.75) is 13.3 Å². The van der Waals surface area contributed by atoms with Crippen molar-refractivity contribution < 1.29 is 4.39 Å². The number of fused-ring (bicyclic) bond motifs is 1. The molecule has 1 aromatic heterocycles. The zero-order chi connectivity index (χ0) is 9.42. The number of benzene rings is 1. The molecular weight excluding hydrogens is 233 g/mol. The van der Waals surface area contributed by atoms with Crippen molar-refractivity contribution in [1.82, 2.24) is 4.98 Å². The van der Waals surface area contributed by atoms with Crippen LogP contribution in [-0.4, -0.2) is 4.98 Å². The zero-order valence-corrected chi connectivity index (χ0v) is 8.78. The van der Waals surface area contributed by atoms with Gasteiger partial charge in [-0.15, -0.1) is 0 Å². The number of nitrogens with one attached hydrogen (secondary N) is 1. The van der Waals surface area contributed by atoms with E-state index in [2.05, 4.69) is 27.8 Å². The maximum absolute atomic E-state index is 13.5. The molecule has 0 saturated carbocycles. The molecule has 1 aromatic carbocycles. The zero-order valence-electron chi connectivity index (χ0n) is 7.20. The first kappa shape index (κ1) is 8.75. The van der Waals surface area contributed by atoms with Crippen molar-refractivity contribution >= 4 is 26.8 Å². The van der Waals surface area contributed by atoms with Crippen LogP contribution in [0.3, 0.4) is 0 Å². The number of H-pyrrole nitrogens is 1. The van der Waals surface area contributed by atoms with E-state index in [4.69, 9.17) is 0 Å². The first-order chi connectivity index (χ1) is 6.24. The predicted molar refractivity (Wildman–Crippen MR) is 55.3 cm³/mol. The molecule has 0 spiro atoms. The van der Waals surface area contributed by atoms with E-state index in [1.165, 1.54) is 0 Å². The van der Waals surface area contributed by atoms with Crippen LogP contribution < -0.4 is 0 Å². The van der Waals surface area contributed by atoms with Crippen molar-refractivity contribution in [3.05, 3.63) is 34.2 Å². The summed E-state index contributed by atoms with van der Waals surface area (Å²) >= 11 is 3.15. The summed E-state index contributed by atoms with van der Waals surface area (Å²) < 4.78 is 14.0. The minimum absolute atomic E-state index is 0.211. The van der Waals surface area contributed by atoms with E-state index in [0.29, 0.717) is 9.99 Å². The quantitative estimate of drug-likeness (QED) is 0.785. The first-order valence-corrected chi connectivity index (χ1v) is 4.97. The third kappa shape index (κ3) is 1.27. The molecule has 0 radical (unpaired) electrons. The summed E-state index contributed by atoms with van der Waals surface area (Å²) in [7, 11) is 0. The molecule has 2 rings (SSSR count). The molecule has 13 heavy (non-hydrogen) atoms. The van der Waals surface area contributed by atoms with Crippen molar-refractivity contribution in [2.75, 3.05) is 0 Å². The topological polar surface area (TPSA) is 15.8 Å². The summed E-state index contributed by atoms with van der Waals surface area (Å²) in [5, 5.41) is 0.975. The number of aryl methyl sites for hydroxylation is 1. The van der Waals surface area contributed by atoms with Gasteiger partial charge in [-0.2, -0.15) is 0 Å². The molecule has 2 aromatic rings. The Labute approximate surface area is 84.1 Å². The smallest absolute Gasteiger partial charge is 0.161 e. The number of rotatable bonds is 1. The van der Waals surface area contributed by atoms with Crippen LogP contribution in [0.2, 0.25) is 0 Å². The summed E-state index contributed by atoms with van der Waals surface area (Å²) in [6.45, 7) is 2.06. The molecule has 0 saturated heterocycles. The molecular formula is C10H9BrFN. The predicted octanol–water partition coefficient (Wildman–Crippen LogP) is 3.63. The van der Waals surface area contributed by atoms with Gasteiger partial charge in [0, 0.05) is 11.6 Å². The number of aromatic amines is 1. The van der Waals surface area contributed by atoms with Gasteiger partial charge in [-0.25, -0.2) is 4.39 Å². The summed E-state index contributed by atoms with van der Waals surface area (Å²) in [6, 6.07) is 3.67. The van der Waals surface area contributed by atoms with Gasteiger partial charge in [0.15, 0.2) is 5.82 Å². The van der Waals surface area contributed by atoms with Gasteiger partial charge in [-0.3, -0.25) is 0 Å². The Morgan fingerprint density at radius 1 is 1.46 bits per heavy atom. The molecule has 0 amide bonds. The highest BCUT2D eigenvalue weighted by atomic mass is 79.9. The van der Waals surface area contributed by atoms with Gasteiger partial charge in [-0.05, 0) is 34.0 Å². The number of halogens is 2. The average Bonchev–Trinajstić information content (AvgIpc) is 2.55. The fourth-order valence-electron chi connectivity index (χ4n) is 1.49. The van der Waals surface area contributed by atoms with Crippen LogP contribution in [0.15, 0.2) is 22.8 Å². The molecule has 0 atom stereocenters. The molecule has 68 valence electrons. The van der Waals surface area contributed by atoms with Crippen LogP contribution >= 0.6 is 15.9 Å². The minimum Gasteiger partial charge on any atom is -0.358 e. The Bertz CT molecular complexity index is 447. The lowest BCUT2D eigenvalue weighted by molar-refractivity contribution is 0.631. The molecule has 3 heteroatoms. The van der Waals surface area contributed by atoms with E-state index < -0.39 is 0 Å². The minimum atomic E-state index is -0.211. The van der Waals surface area contributed by atoms with Gasteiger partial charge in [-0.1, -0.05) is 13.0 Å². The van der Waals surface area contributed by atoms with Gasteiger partial charge < -0.3 is 4.98 Å². The SMILES string of the molecule is CCc1c[nH]c2c(F)c(Br)ccc12. The Hall–Kier alpha value is -0.830. The number of hydrogen-bond donors (Lipinski definition) is 1. The lowest BCUT2D eigenvalue weighted by Crippen LogP contribution is -1.80. The molecule has 0 bridgehead atoms. The summed E-state index contributed by atoms with van der Waals surface area (Å²) in [4.78, 5) is 2.94. The largest absolute Gasteiger partial charge is 0.358 e. The average molecular weight is 242 g/mol. The lowest BCUT2D eigenvalue weighted by Gasteiger charge is -1.97. The van der Waals surface area contributed by atoms with Crippen molar-refractivity contribution in [1.29, 1.82) is 0 Å². The van der Waals surface area contributed by atoms with Crippen LogP contribution in [0.25, 0.3) is 10.9 Å². The van der Waals surface area contributed by atoms with Gasteiger partial charge in [0.2, 0.25) is 0 Å². The monoisotopic (exact) mass is 241 g/mol. The first-order valence-electron chi connectivity index (χ1n) is 4.18. The summed E-state index contributed by atoms with van der Waals surface area (Å²) in [5.41, 5.74) is 1.74. The van der Waals surface area contributed by atoms with Crippen molar-refractivity contribution in [3.8, 4) is 0 Å². The maximum atomic E-state index is 13.5. The van der Waals surface area contributed by atoms with Gasteiger partial charge in [0.1, 0.15) is 0 Å². The highest BCUT2D eigenvalue weighted by Crippen LogP contribution is 2.26. The Morgan fingerprint density at radius 3 is 2.92 bits per heavy atom. The van der Waals surface area contributed by atoms with Gasteiger partial charge >= 0.3 is 0 Å². The molecule has 0 aliphatic carbocycles. The fraction of sp³-hybridized carbons (Fsp3) is 0.200. The fourth-order valence-corrected chi connectivity index (χ4v) is 1.82. The molecule has 1 heterocycles. The van der Waals surface area contributed by atoms with Gasteiger partial charge in [0.05, 0.1) is 9.99 Å². The second-order valence-corrected chi connectivity index (χ2v) is 3.81. The highest BCUT2D eigenvalue weighted by Gasteiger charge is 2.08. The maximum Gasteiger partial charge on any atom is 0.161 e. The second-order valence-electron chi connectivity index (χ2n) is 2.95. The van der Waals surface area contributed by atoms with E-state index in [9.17, 15) is 4.39 Å². The third-order valence-electron chi connectivity index (χ3n) is 2.21. The Morgan fingerprint density at radius 2 is 2.23 bits per heavy atom. The van der Waals surface area contributed by atoms with E-state index in [-0.39, 0.29) is 5.82 Å². The third-order valence-corrected chi connectivity index (χ3v) is 2.82. The highest BCUT2D eigenvalue weighted by molar-refractivity contribution is 9.10. The second kappa shape index (κ2) is 3.14. The van der Waals surface area contributed by atoms with E-state index in [1.54, 1.807) is 6.07 Å². The molecule has 0 aliphatic rings. The van der Waals surface area contributed by atoms with Crippen LogP contribution in [0.1, 0.15) is 12.5 Å². The Balaban J connectivity index is 2.81. The van der Waals surface area contributed by atoms with E-state index >= 15 is 0 Å². The number of aromatic nitrogens is 1. The molecule has 1 N–H and O–H groups in total. The summed E-state index contributed by atoms with van der Waals surface area (Å²) in [5.74, 6) is -0.211. The Kier molecular flexibility index (Phi) is 2.12. The van der Waals surface area contributed by atoms with Gasteiger partial charge in [0.25, 0.3) is 0 Å². The van der Waals surface area contributed by atoms with Crippen molar-refractivity contribution in [2.24, 2.45) is 0 Å².